The van der Waals surface area contributed by atoms with Crippen LogP contribution < -0.4 is 0 Å². The molecule has 0 N–H and O–H groups in total. The molecule has 3 aromatic rings. The zero-order chi connectivity index (χ0) is 16.2. The van der Waals surface area contributed by atoms with Crippen LogP contribution in [-0.4, -0.2) is 25.5 Å². The Balaban J connectivity index is 2.14. The highest BCUT2D eigenvalue weighted by atomic mass is 32.2. The molecule has 3 rings (SSSR count). The first-order chi connectivity index (χ1) is 11.2. The largest absolute Gasteiger partial charge is 0.270 e. The van der Waals surface area contributed by atoms with Crippen LogP contribution in [0.15, 0.2) is 66.1 Å². The smallest absolute Gasteiger partial charge is 0.196 e. The molecule has 0 amide bonds. The predicted molar refractivity (Wildman–Crippen MR) is 94.9 cm³/mol. The molecule has 23 heavy (non-hydrogen) atoms. The first-order valence-electron chi connectivity index (χ1n) is 7.36. The van der Waals surface area contributed by atoms with E-state index in [2.05, 4.69) is 45.4 Å². The van der Waals surface area contributed by atoms with E-state index < -0.39 is 0 Å². The lowest BCUT2D eigenvalue weighted by molar-refractivity contribution is 0.881. The second-order valence-corrected chi connectivity index (χ2v) is 6.35. The number of aryl methyl sites for hydroxylation is 1. The minimum absolute atomic E-state index is 0.820. The van der Waals surface area contributed by atoms with Crippen LogP contribution >= 0.6 is 11.8 Å². The van der Waals surface area contributed by atoms with Crippen LogP contribution in [0.1, 0.15) is 12.5 Å². The number of nitrogens with zero attached hydrogens (tertiary/aromatic N) is 4. The van der Waals surface area contributed by atoms with Crippen LogP contribution in [0.25, 0.3) is 17.1 Å². The van der Waals surface area contributed by atoms with Gasteiger partial charge in [-0.3, -0.25) is 9.55 Å². The zero-order valence-corrected chi connectivity index (χ0v) is 14.0. The van der Waals surface area contributed by atoms with E-state index in [1.54, 1.807) is 24.2 Å². The first kappa shape index (κ1) is 15.5. The van der Waals surface area contributed by atoms with Crippen molar-refractivity contribution in [3.8, 4) is 17.1 Å². The fourth-order valence-corrected chi connectivity index (χ4v) is 3.06. The monoisotopic (exact) mass is 322 g/mol. The Morgan fingerprint density at radius 3 is 2.57 bits per heavy atom. The second kappa shape index (κ2) is 6.79. The molecule has 2 aromatic heterocycles. The molecule has 0 fully saturated rings. The Morgan fingerprint density at radius 2 is 1.87 bits per heavy atom. The van der Waals surface area contributed by atoms with Gasteiger partial charge < -0.3 is 0 Å². The SMILES string of the molecule is C=C(C)CSc1nnc(-c2ccncc2)n1-c1ccccc1C. The Labute approximate surface area is 140 Å². The second-order valence-electron chi connectivity index (χ2n) is 5.41. The molecular formula is C18H18N4S. The summed E-state index contributed by atoms with van der Waals surface area (Å²) < 4.78 is 2.11. The van der Waals surface area contributed by atoms with Crippen molar-refractivity contribution in [2.45, 2.75) is 19.0 Å². The quantitative estimate of drug-likeness (QED) is 0.519. The highest BCUT2D eigenvalue weighted by Crippen LogP contribution is 2.29. The predicted octanol–water partition coefficient (Wildman–Crippen LogP) is 4.31. The molecule has 0 unspecified atom stereocenters. The molecule has 0 aliphatic rings. The topological polar surface area (TPSA) is 43.6 Å². The minimum atomic E-state index is 0.820. The van der Waals surface area contributed by atoms with Crippen molar-refractivity contribution >= 4 is 11.8 Å². The van der Waals surface area contributed by atoms with E-state index in [0.717, 1.165) is 33.6 Å². The van der Waals surface area contributed by atoms with Crippen LogP contribution in [0.4, 0.5) is 0 Å². The van der Waals surface area contributed by atoms with Gasteiger partial charge in [-0.05, 0) is 37.6 Å². The summed E-state index contributed by atoms with van der Waals surface area (Å²) >= 11 is 1.65. The third-order valence-electron chi connectivity index (χ3n) is 3.38. The van der Waals surface area contributed by atoms with Gasteiger partial charge in [0.05, 0.1) is 5.69 Å². The molecule has 5 heteroatoms. The summed E-state index contributed by atoms with van der Waals surface area (Å²) in [6.45, 7) is 8.08. The van der Waals surface area contributed by atoms with Crippen molar-refractivity contribution in [2.75, 3.05) is 5.75 Å². The van der Waals surface area contributed by atoms with Gasteiger partial charge in [0.1, 0.15) is 0 Å². The number of benzene rings is 1. The fourth-order valence-electron chi connectivity index (χ4n) is 2.27. The standard InChI is InChI=1S/C18H18N4S/c1-13(2)12-23-18-21-20-17(15-8-10-19-11-9-15)22(18)16-7-5-4-6-14(16)3/h4-11H,1,12H2,2-3H3. The molecule has 0 bridgehead atoms. The van der Waals surface area contributed by atoms with E-state index in [1.807, 2.05) is 31.2 Å². The van der Waals surface area contributed by atoms with Crippen LogP contribution in [0.2, 0.25) is 0 Å². The molecule has 0 atom stereocenters. The van der Waals surface area contributed by atoms with Gasteiger partial charge in [0.2, 0.25) is 0 Å². The summed E-state index contributed by atoms with van der Waals surface area (Å²) in [6, 6.07) is 12.2. The Kier molecular flexibility index (Phi) is 4.57. The number of thioether (sulfide) groups is 1. The van der Waals surface area contributed by atoms with E-state index in [0.29, 0.717) is 0 Å². The molecule has 0 saturated carbocycles. The Bertz CT molecular complexity index is 824. The summed E-state index contributed by atoms with van der Waals surface area (Å²) in [7, 11) is 0. The van der Waals surface area contributed by atoms with Crippen molar-refractivity contribution in [1.82, 2.24) is 19.7 Å². The van der Waals surface area contributed by atoms with Crippen molar-refractivity contribution in [2.24, 2.45) is 0 Å². The Hall–Kier alpha value is -2.40. The lowest BCUT2D eigenvalue weighted by Crippen LogP contribution is -2.02. The van der Waals surface area contributed by atoms with Gasteiger partial charge in [0, 0.05) is 23.7 Å². The highest BCUT2D eigenvalue weighted by molar-refractivity contribution is 7.99. The third-order valence-corrected chi connectivity index (χ3v) is 4.54. The molecule has 0 aliphatic carbocycles. The van der Waals surface area contributed by atoms with Crippen molar-refractivity contribution in [3.63, 3.8) is 0 Å². The number of rotatable bonds is 5. The summed E-state index contributed by atoms with van der Waals surface area (Å²) in [5.74, 6) is 1.64. The lowest BCUT2D eigenvalue weighted by atomic mass is 10.2. The Morgan fingerprint density at radius 1 is 1.13 bits per heavy atom. The maximum Gasteiger partial charge on any atom is 0.196 e. The van der Waals surface area contributed by atoms with Gasteiger partial charge in [0.25, 0.3) is 0 Å². The van der Waals surface area contributed by atoms with Gasteiger partial charge in [-0.15, -0.1) is 10.2 Å². The van der Waals surface area contributed by atoms with E-state index in [4.69, 9.17) is 0 Å². The van der Waals surface area contributed by atoms with E-state index >= 15 is 0 Å². The molecule has 0 saturated heterocycles. The van der Waals surface area contributed by atoms with Crippen LogP contribution in [0.5, 0.6) is 0 Å². The third kappa shape index (κ3) is 3.35. The molecule has 1 aromatic carbocycles. The van der Waals surface area contributed by atoms with Gasteiger partial charge in [0.15, 0.2) is 11.0 Å². The fraction of sp³-hybridized carbons (Fsp3) is 0.167. The number of pyridine rings is 1. The molecule has 2 heterocycles. The zero-order valence-electron chi connectivity index (χ0n) is 13.2. The van der Waals surface area contributed by atoms with Gasteiger partial charge in [-0.2, -0.15) is 0 Å². The number of hydrogen-bond donors (Lipinski definition) is 0. The van der Waals surface area contributed by atoms with Crippen LogP contribution in [-0.2, 0) is 0 Å². The molecule has 0 spiro atoms. The molecule has 4 nitrogen and oxygen atoms in total. The summed E-state index contributed by atoms with van der Waals surface area (Å²) in [4.78, 5) is 4.08. The normalized spacial score (nSPS) is 10.7. The van der Waals surface area contributed by atoms with E-state index in [9.17, 15) is 0 Å². The van der Waals surface area contributed by atoms with Crippen LogP contribution in [0.3, 0.4) is 0 Å². The highest BCUT2D eigenvalue weighted by Gasteiger charge is 2.17. The minimum Gasteiger partial charge on any atom is -0.270 e. The maximum atomic E-state index is 4.42. The summed E-state index contributed by atoms with van der Waals surface area (Å²) in [5.41, 5.74) is 4.38. The average molecular weight is 322 g/mol. The van der Waals surface area contributed by atoms with Crippen molar-refractivity contribution in [3.05, 3.63) is 66.5 Å². The molecule has 116 valence electrons. The van der Waals surface area contributed by atoms with Crippen LogP contribution in [0, 0.1) is 6.92 Å². The molecule has 0 radical (unpaired) electrons. The van der Waals surface area contributed by atoms with E-state index in [1.165, 1.54) is 5.56 Å². The summed E-state index contributed by atoms with van der Waals surface area (Å²) in [6.07, 6.45) is 3.54. The lowest BCUT2D eigenvalue weighted by Gasteiger charge is -2.12. The number of hydrogen-bond acceptors (Lipinski definition) is 4. The van der Waals surface area contributed by atoms with Gasteiger partial charge >= 0.3 is 0 Å². The summed E-state index contributed by atoms with van der Waals surface area (Å²) in [5, 5.41) is 9.68. The first-order valence-corrected chi connectivity index (χ1v) is 8.34. The number of aromatic nitrogens is 4. The number of para-hydroxylation sites is 1. The molecule has 0 aliphatic heterocycles. The van der Waals surface area contributed by atoms with Gasteiger partial charge in [-0.1, -0.05) is 42.1 Å². The molecular weight excluding hydrogens is 304 g/mol. The average Bonchev–Trinajstić information content (AvgIpc) is 2.98. The van der Waals surface area contributed by atoms with Gasteiger partial charge in [-0.25, -0.2) is 0 Å². The van der Waals surface area contributed by atoms with Crippen molar-refractivity contribution in [1.29, 1.82) is 0 Å². The maximum absolute atomic E-state index is 4.42. The van der Waals surface area contributed by atoms with E-state index in [-0.39, 0.29) is 0 Å². The van der Waals surface area contributed by atoms with Crippen molar-refractivity contribution < 1.29 is 0 Å².